The van der Waals surface area contributed by atoms with Crippen molar-refractivity contribution < 1.29 is 22.7 Å². The summed E-state index contributed by atoms with van der Waals surface area (Å²) in [5.74, 6) is -0.305. The topological polar surface area (TPSA) is 79.7 Å². The Morgan fingerprint density at radius 3 is 2.82 bits per heavy atom. The molecule has 22 heavy (non-hydrogen) atoms. The molecule has 0 saturated carbocycles. The van der Waals surface area contributed by atoms with Gasteiger partial charge in [-0.25, -0.2) is 17.8 Å². The van der Waals surface area contributed by atoms with Crippen LogP contribution in [0.4, 0.5) is 15.8 Å². The Kier molecular flexibility index (Phi) is 3.40. The van der Waals surface area contributed by atoms with Crippen LogP contribution in [0.2, 0.25) is 0 Å². The number of halogens is 1. The molecule has 0 bridgehead atoms. The highest BCUT2D eigenvalue weighted by Gasteiger charge is 2.23. The summed E-state index contributed by atoms with van der Waals surface area (Å²) >= 11 is 0. The molecule has 1 N–H and O–H groups in total. The van der Waals surface area contributed by atoms with Crippen LogP contribution >= 0.6 is 0 Å². The van der Waals surface area contributed by atoms with Crippen LogP contribution in [0.3, 0.4) is 0 Å². The SMILES string of the molecule is CS(=O)(=O)c1ncc(N2CCOc3ccc(O)cc32)cc1F. The van der Waals surface area contributed by atoms with Gasteiger partial charge in [-0.2, -0.15) is 0 Å². The van der Waals surface area contributed by atoms with Crippen molar-refractivity contribution in [1.29, 1.82) is 0 Å². The van der Waals surface area contributed by atoms with Gasteiger partial charge < -0.3 is 14.7 Å². The minimum Gasteiger partial charge on any atom is -0.508 e. The molecule has 6 nitrogen and oxygen atoms in total. The third-order valence-electron chi connectivity index (χ3n) is 3.26. The number of anilines is 2. The van der Waals surface area contributed by atoms with Gasteiger partial charge in [0.05, 0.1) is 24.1 Å². The fourth-order valence-corrected chi connectivity index (χ4v) is 2.97. The first kappa shape index (κ1) is 14.6. The first-order valence-corrected chi connectivity index (χ1v) is 8.34. The Bertz CT molecular complexity index is 839. The van der Waals surface area contributed by atoms with E-state index in [4.69, 9.17) is 4.74 Å². The summed E-state index contributed by atoms with van der Waals surface area (Å²) in [6.07, 6.45) is 2.19. The minimum absolute atomic E-state index is 0.0513. The van der Waals surface area contributed by atoms with E-state index in [1.165, 1.54) is 18.3 Å². The van der Waals surface area contributed by atoms with Crippen LogP contribution < -0.4 is 9.64 Å². The average Bonchev–Trinajstić information content (AvgIpc) is 2.45. The molecule has 2 aromatic rings. The quantitative estimate of drug-likeness (QED) is 0.908. The summed E-state index contributed by atoms with van der Waals surface area (Å²) in [6, 6.07) is 5.72. The number of rotatable bonds is 2. The number of phenolic OH excluding ortho intramolecular Hbond substituents is 1. The molecule has 0 aliphatic carbocycles. The van der Waals surface area contributed by atoms with Crippen LogP contribution in [0.25, 0.3) is 0 Å². The molecule has 2 heterocycles. The predicted octanol–water partition coefficient (Wildman–Crippen LogP) is 1.86. The highest BCUT2D eigenvalue weighted by molar-refractivity contribution is 7.90. The van der Waals surface area contributed by atoms with Crippen LogP contribution in [-0.2, 0) is 9.84 Å². The number of sulfone groups is 1. The largest absolute Gasteiger partial charge is 0.508 e. The normalized spacial score (nSPS) is 14.4. The number of ether oxygens (including phenoxy) is 1. The van der Waals surface area contributed by atoms with Crippen molar-refractivity contribution in [3.05, 3.63) is 36.3 Å². The summed E-state index contributed by atoms with van der Waals surface area (Å²) < 4.78 is 42.3. The molecule has 3 rings (SSSR count). The Labute approximate surface area is 126 Å². The van der Waals surface area contributed by atoms with Gasteiger partial charge in [-0.3, -0.25) is 0 Å². The van der Waals surface area contributed by atoms with E-state index in [0.717, 1.165) is 12.3 Å². The second-order valence-electron chi connectivity index (χ2n) is 4.90. The van der Waals surface area contributed by atoms with Crippen molar-refractivity contribution in [2.75, 3.05) is 24.3 Å². The van der Waals surface area contributed by atoms with Gasteiger partial charge in [0.15, 0.2) is 20.7 Å². The first-order valence-electron chi connectivity index (χ1n) is 6.45. The van der Waals surface area contributed by atoms with E-state index in [9.17, 15) is 17.9 Å². The maximum absolute atomic E-state index is 14.0. The highest BCUT2D eigenvalue weighted by atomic mass is 32.2. The van der Waals surface area contributed by atoms with E-state index >= 15 is 0 Å². The van der Waals surface area contributed by atoms with Crippen LogP contribution in [0.5, 0.6) is 11.5 Å². The first-order chi connectivity index (χ1) is 10.4. The van der Waals surface area contributed by atoms with Gasteiger partial charge in [-0.1, -0.05) is 0 Å². The fraction of sp³-hybridized carbons (Fsp3) is 0.214. The van der Waals surface area contributed by atoms with Crippen molar-refractivity contribution in [2.24, 2.45) is 0 Å². The number of nitrogens with zero attached hydrogens (tertiary/aromatic N) is 2. The maximum atomic E-state index is 14.0. The van der Waals surface area contributed by atoms with Gasteiger partial charge in [0.25, 0.3) is 0 Å². The molecule has 8 heteroatoms. The molecule has 1 aromatic carbocycles. The molecular weight excluding hydrogens is 311 g/mol. The van der Waals surface area contributed by atoms with Gasteiger partial charge in [-0.15, -0.1) is 0 Å². The van der Waals surface area contributed by atoms with Gasteiger partial charge in [0.1, 0.15) is 18.1 Å². The Morgan fingerprint density at radius 1 is 1.36 bits per heavy atom. The molecular formula is C14H13FN2O4S. The van der Waals surface area contributed by atoms with E-state index in [1.54, 1.807) is 11.0 Å². The number of aromatic hydroxyl groups is 1. The maximum Gasteiger partial charge on any atom is 0.195 e. The van der Waals surface area contributed by atoms with Crippen molar-refractivity contribution in [3.63, 3.8) is 0 Å². The van der Waals surface area contributed by atoms with Crippen LogP contribution in [0.1, 0.15) is 0 Å². The molecule has 116 valence electrons. The molecule has 1 aliphatic rings. The number of aromatic nitrogens is 1. The highest BCUT2D eigenvalue weighted by Crippen LogP contribution is 2.38. The molecule has 0 spiro atoms. The second kappa shape index (κ2) is 5.13. The molecule has 1 aliphatic heterocycles. The number of pyridine rings is 1. The van der Waals surface area contributed by atoms with E-state index in [2.05, 4.69) is 4.98 Å². The van der Waals surface area contributed by atoms with Crippen molar-refractivity contribution >= 4 is 21.2 Å². The van der Waals surface area contributed by atoms with E-state index < -0.39 is 20.7 Å². The zero-order valence-corrected chi connectivity index (χ0v) is 12.5. The van der Waals surface area contributed by atoms with E-state index in [1.807, 2.05) is 0 Å². The lowest BCUT2D eigenvalue weighted by Gasteiger charge is -2.31. The van der Waals surface area contributed by atoms with Crippen molar-refractivity contribution in [1.82, 2.24) is 4.98 Å². The summed E-state index contributed by atoms with van der Waals surface area (Å²) in [7, 11) is -3.72. The van der Waals surface area contributed by atoms with Gasteiger partial charge in [-0.05, 0) is 12.1 Å². The third kappa shape index (κ3) is 2.57. The zero-order valence-electron chi connectivity index (χ0n) is 11.7. The lowest BCUT2D eigenvalue weighted by molar-refractivity contribution is 0.313. The van der Waals surface area contributed by atoms with E-state index in [-0.39, 0.29) is 5.75 Å². The van der Waals surface area contributed by atoms with Crippen molar-refractivity contribution in [2.45, 2.75) is 5.03 Å². The number of hydrogen-bond acceptors (Lipinski definition) is 6. The Hall–Kier alpha value is -2.35. The number of phenols is 1. The van der Waals surface area contributed by atoms with Crippen LogP contribution in [0.15, 0.2) is 35.5 Å². The molecule has 0 amide bonds. The van der Waals surface area contributed by atoms with Crippen LogP contribution in [-0.4, -0.2) is 37.9 Å². The fourth-order valence-electron chi connectivity index (χ4n) is 2.31. The van der Waals surface area contributed by atoms with Gasteiger partial charge in [0, 0.05) is 18.4 Å². The standard InChI is InChI=1S/C14H13FN2O4S/c1-22(19,20)14-11(15)6-9(8-16-14)17-4-5-21-13-3-2-10(18)7-12(13)17/h2-3,6-8,18H,4-5H2,1H3. The van der Waals surface area contributed by atoms with Crippen LogP contribution in [0, 0.1) is 5.82 Å². The molecule has 0 unspecified atom stereocenters. The molecule has 1 aromatic heterocycles. The number of fused-ring (bicyclic) bond motifs is 1. The molecule has 0 atom stereocenters. The monoisotopic (exact) mass is 324 g/mol. The van der Waals surface area contributed by atoms with Gasteiger partial charge >= 0.3 is 0 Å². The molecule has 0 radical (unpaired) electrons. The van der Waals surface area contributed by atoms with E-state index in [0.29, 0.717) is 30.3 Å². The number of benzene rings is 1. The smallest absolute Gasteiger partial charge is 0.195 e. The molecule has 0 fully saturated rings. The number of hydrogen-bond donors (Lipinski definition) is 1. The average molecular weight is 324 g/mol. The van der Waals surface area contributed by atoms with Gasteiger partial charge in [0.2, 0.25) is 0 Å². The molecule has 0 saturated heterocycles. The third-order valence-corrected chi connectivity index (χ3v) is 4.26. The summed E-state index contributed by atoms with van der Waals surface area (Å²) in [6.45, 7) is 0.809. The summed E-state index contributed by atoms with van der Waals surface area (Å²) in [5.41, 5.74) is 0.958. The lowest BCUT2D eigenvalue weighted by Crippen LogP contribution is -2.28. The Morgan fingerprint density at radius 2 is 2.14 bits per heavy atom. The Balaban J connectivity index is 2.07. The second-order valence-corrected chi connectivity index (χ2v) is 6.84. The minimum atomic E-state index is -3.72. The lowest BCUT2D eigenvalue weighted by atomic mass is 10.2. The summed E-state index contributed by atoms with van der Waals surface area (Å²) in [4.78, 5) is 5.42. The predicted molar refractivity (Wildman–Crippen MR) is 77.9 cm³/mol. The summed E-state index contributed by atoms with van der Waals surface area (Å²) in [5, 5.41) is 9.02. The van der Waals surface area contributed by atoms with Crippen molar-refractivity contribution in [3.8, 4) is 11.5 Å². The zero-order chi connectivity index (χ0) is 15.9.